The van der Waals surface area contributed by atoms with Crippen molar-refractivity contribution in [2.75, 3.05) is 0 Å². The van der Waals surface area contributed by atoms with Gasteiger partial charge < -0.3 is 24.8 Å². The number of carbonyl (C=O) groups is 2. The Bertz CT molecular complexity index is 990. The van der Waals surface area contributed by atoms with Gasteiger partial charge in [-0.05, 0) is 12.1 Å². The number of pyridine rings is 1. The third-order valence-electron chi connectivity index (χ3n) is 3.49. The molecule has 10 heteroatoms. The molecule has 0 amide bonds. The summed E-state index contributed by atoms with van der Waals surface area (Å²) in [6.45, 7) is 0. The Morgan fingerprint density at radius 3 is 1.45 bits per heavy atom. The van der Waals surface area contributed by atoms with Crippen LogP contribution in [0, 0.1) is 22.5 Å². The van der Waals surface area contributed by atoms with E-state index in [1.165, 1.54) is 12.1 Å². The van der Waals surface area contributed by atoms with E-state index in [1.54, 1.807) is 42.5 Å². The number of benzene rings is 2. The van der Waals surface area contributed by atoms with Crippen LogP contribution in [0.2, 0.25) is 0 Å². The molecule has 3 aromatic rings. The standard InChI is InChI=1S/2C7H5FN.C7H5NO2.2ClH.Fe/c2*8-7-4-2-1-3-6(7)5-9;9-4-6-2-1-3-7(5-10)8-6;;;/h2*1-2,4-5,9H;1-5H;2*1H;/q;;;;;+2/p-2. The van der Waals surface area contributed by atoms with E-state index in [0.29, 0.717) is 21.5 Å². The summed E-state index contributed by atoms with van der Waals surface area (Å²) in [6, 6.07) is 13.8. The first-order valence-electron chi connectivity index (χ1n) is 8.11. The third-order valence-corrected chi connectivity index (χ3v) is 5.05. The Kier molecular flexibility index (Phi) is 13.0. The second-order valence-electron chi connectivity index (χ2n) is 5.34. The number of aldehydes is 2. The van der Waals surface area contributed by atoms with E-state index in [2.05, 4.69) is 4.98 Å². The van der Waals surface area contributed by atoms with Crippen molar-refractivity contribution in [3.8, 4) is 0 Å². The average molecular weight is 506 g/mol. The van der Waals surface area contributed by atoms with Gasteiger partial charge in [-0.2, -0.15) is 0 Å². The number of halogens is 4. The van der Waals surface area contributed by atoms with Gasteiger partial charge in [0.2, 0.25) is 0 Å². The van der Waals surface area contributed by atoms with E-state index in [0.717, 1.165) is 12.4 Å². The van der Waals surface area contributed by atoms with Crippen molar-refractivity contribution in [1.29, 1.82) is 10.8 Å². The summed E-state index contributed by atoms with van der Waals surface area (Å²) in [4.78, 5) is 23.9. The molecular weight excluding hydrogens is 491 g/mol. The largest absolute Gasteiger partial charge is 1.00 e. The maximum absolute atomic E-state index is 13.5. The fourth-order valence-electron chi connectivity index (χ4n) is 2.14. The first kappa shape index (κ1) is 28.2. The summed E-state index contributed by atoms with van der Waals surface area (Å²) in [6.07, 6.45) is 3.11. The van der Waals surface area contributed by atoms with Gasteiger partial charge in [-0.3, -0.25) is 9.59 Å². The van der Waals surface area contributed by atoms with E-state index in [1.807, 2.05) is 0 Å². The molecule has 0 saturated heterocycles. The molecule has 0 saturated carbocycles. The molecule has 2 aromatic carbocycles. The van der Waals surface area contributed by atoms with Crippen LogP contribution in [-0.4, -0.2) is 30.0 Å². The number of rotatable bonds is 6. The van der Waals surface area contributed by atoms with Crippen LogP contribution in [0.25, 0.3) is 0 Å². The maximum Gasteiger partial charge on any atom is 0.168 e. The van der Waals surface area contributed by atoms with E-state index in [-0.39, 0.29) is 62.3 Å². The normalized spacial score (nSPS) is 9.10. The van der Waals surface area contributed by atoms with Crippen LogP contribution < -0.4 is 33.7 Å². The van der Waals surface area contributed by atoms with Gasteiger partial charge in [0.05, 0.1) is 0 Å². The molecule has 2 N–H and O–H groups in total. The van der Waals surface area contributed by atoms with Crippen molar-refractivity contribution in [2.24, 2.45) is 0 Å². The Hall–Kier alpha value is -2.77. The van der Waals surface area contributed by atoms with Crippen LogP contribution in [0.4, 0.5) is 8.78 Å². The van der Waals surface area contributed by atoms with Crippen LogP contribution in [0.3, 0.4) is 0 Å². The van der Waals surface area contributed by atoms with Gasteiger partial charge in [0.25, 0.3) is 0 Å². The molecule has 0 fully saturated rings. The van der Waals surface area contributed by atoms with E-state index >= 15 is 0 Å². The van der Waals surface area contributed by atoms with Gasteiger partial charge in [0, 0.05) is 0 Å². The topological polar surface area (TPSA) is 94.7 Å². The fraction of sp³-hybridized carbons (Fsp3) is 0. The second kappa shape index (κ2) is 14.3. The summed E-state index contributed by atoms with van der Waals surface area (Å²) >= 11 is 0.283. The quantitative estimate of drug-likeness (QED) is 0.209. The van der Waals surface area contributed by atoms with Crippen molar-refractivity contribution >= 4 is 33.9 Å². The second-order valence-corrected chi connectivity index (χ2v) is 6.81. The summed E-state index contributed by atoms with van der Waals surface area (Å²) in [5.74, 6) is -0.944. The molecule has 1 heterocycles. The van der Waals surface area contributed by atoms with Crippen molar-refractivity contribution in [3.05, 3.63) is 88.7 Å². The van der Waals surface area contributed by atoms with Crippen LogP contribution >= 0.6 is 0 Å². The van der Waals surface area contributed by atoms with Crippen LogP contribution in [-0.2, 0) is 15.0 Å². The molecule has 0 aliphatic rings. The first-order valence-corrected chi connectivity index (χ1v) is 9.22. The van der Waals surface area contributed by atoms with E-state index in [9.17, 15) is 18.4 Å². The Balaban J connectivity index is 0.000000643. The van der Waals surface area contributed by atoms with Crippen molar-refractivity contribution in [1.82, 2.24) is 4.98 Å². The molecule has 0 spiro atoms. The van der Waals surface area contributed by atoms with Crippen molar-refractivity contribution < 1.29 is 58.1 Å². The molecule has 0 aliphatic heterocycles. The molecule has 0 atom stereocenters. The van der Waals surface area contributed by atoms with Gasteiger partial charge in [0.15, 0.2) is 12.6 Å². The smallest absolute Gasteiger partial charge is 0.168 e. The summed E-state index contributed by atoms with van der Waals surface area (Å²) in [7, 11) is 0. The van der Waals surface area contributed by atoms with Crippen LogP contribution in [0.5, 0.6) is 0 Å². The number of nitrogens with one attached hydrogen (secondary N) is 2. The molecule has 1 aromatic heterocycles. The first-order chi connectivity index (χ1) is 14.0. The minimum atomic E-state index is -0.472. The number of carbonyl (C=O) groups excluding carboxylic acids is 2. The molecule has 162 valence electrons. The molecule has 0 unspecified atom stereocenters. The van der Waals surface area contributed by atoms with E-state index < -0.39 is 11.6 Å². The SMILES string of the molecule is N=Cc1c(F)ccc[c]1[Fe+2][c]1cccc(F)c1C=N.O=Cc1cccc(C=O)n1.[Cl-].[Cl-]. The van der Waals surface area contributed by atoms with Crippen molar-refractivity contribution in [2.45, 2.75) is 0 Å². The van der Waals surface area contributed by atoms with Gasteiger partial charge in [-0.15, -0.1) is 0 Å². The summed E-state index contributed by atoms with van der Waals surface area (Å²) < 4.78 is 28.3. The van der Waals surface area contributed by atoms with E-state index in [4.69, 9.17) is 10.8 Å². The molecule has 0 bridgehead atoms. The number of nitrogens with zero attached hydrogens (tertiary/aromatic N) is 1. The number of hydrogen-bond donors (Lipinski definition) is 2. The van der Waals surface area contributed by atoms with Gasteiger partial charge in [-0.25, -0.2) is 4.98 Å². The molecule has 31 heavy (non-hydrogen) atoms. The molecule has 3 rings (SSSR count). The van der Waals surface area contributed by atoms with Gasteiger partial charge >= 0.3 is 115 Å². The zero-order valence-electron chi connectivity index (χ0n) is 15.6. The number of hydrogen-bond acceptors (Lipinski definition) is 5. The average Bonchev–Trinajstić information content (AvgIpc) is 2.74. The predicted octanol–water partition coefficient (Wildman–Crippen LogP) is -3.29. The fourth-order valence-corrected chi connectivity index (χ4v) is 3.58. The van der Waals surface area contributed by atoms with Gasteiger partial charge in [0.1, 0.15) is 11.4 Å². The maximum atomic E-state index is 13.5. The summed E-state index contributed by atoms with van der Waals surface area (Å²) in [5, 5.41) is 14.5. The minimum Gasteiger partial charge on any atom is -1.00 e. The van der Waals surface area contributed by atoms with Crippen molar-refractivity contribution in [3.63, 3.8) is 0 Å². The van der Waals surface area contributed by atoms with Crippen LogP contribution in [0.15, 0.2) is 54.6 Å². The molecule has 5 nitrogen and oxygen atoms in total. The Morgan fingerprint density at radius 1 is 0.710 bits per heavy atom. The Labute approximate surface area is 196 Å². The monoisotopic (exact) mass is 505 g/mol. The molecular formula is C21H15Cl2F2FeN3O2. The minimum absolute atomic E-state index is 0. The zero-order valence-corrected chi connectivity index (χ0v) is 18.3. The predicted molar refractivity (Wildman–Crippen MR) is 103 cm³/mol. The Morgan fingerprint density at radius 2 is 1.10 bits per heavy atom. The zero-order chi connectivity index (χ0) is 21.2. The summed E-state index contributed by atoms with van der Waals surface area (Å²) in [5.41, 5.74) is 0.958. The van der Waals surface area contributed by atoms with Crippen LogP contribution in [0.1, 0.15) is 32.1 Å². The van der Waals surface area contributed by atoms with Gasteiger partial charge in [-0.1, -0.05) is 6.07 Å². The molecule has 0 radical (unpaired) electrons. The molecule has 0 aliphatic carbocycles. The third kappa shape index (κ3) is 7.77. The number of aromatic nitrogens is 1.